The molecule has 2 amide bonds. The van der Waals surface area contributed by atoms with E-state index < -0.39 is 0 Å². The topological polar surface area (TPSA) is 65.8 Å². The van der Waals surface area contributed by atoms with Crippen molar-refractivity contribution < 1.29 is 14.0 Å². The minimum atomic E-state index is -0.106. The van der Waals surface area contributed by atoms with Crippen molar-refractivity contribution in [1.82, 2.24) is 4.90 Å². The summed E-state index contributed by atoms with van der Waals surface area (Å²) in [5.74, 6) is 1.32. The number of nitrogens with zero attached hydrogens (tertiary/aromatic N) is 2. The number of benzene rings is 1. The standard InChI is InChI=1S/C22H29N3O3/c1-17-9-12-24(13-10-17)20-7-5-19(6-8-20)23-22(27)11-14-25(18(2)26)16-21-4-3-15-28-21/h3-8,15,17H,9-14,16H2,1-2H3,(H,23,27). The van der Waals surface area contributed by atoms with Crippen LogP contribution in [-0.4, -0.2) is 36.3 Å². The Morgan fingerprint density at radius 3 is 2.50 bits per heavy atom. The Balaban J connectivity index is 1.48. The molecule has 150 valence electrons. The van der Waals surface area contributed by atoms with Gasteiger partial charge in [-0.1, -0.05) is 6.92 Å². The molecule has 6 heteroatoms. The normalized spacial score (nSPS) is 14.7. The van der Waals surface area contributed by atoms with E-state index in [0.717, 1.165) is 24.7 Å². The Kier molecular flexibility index (Phi) is 6.74. The third kappa shape index (κ3) is 5.62. The second-order valence-electron chi connectivity index (χ2n) is 7.53. The van der Waals surface area contributed by atoms with Crippen molar-refractivity contribution >= 4 is 23.2 Å². The molecule has 2 aromatic rings. The molecular formula is C22H29N3O3. The molecule has 1 saturated heterocycles. The zero-order chi connectivity index (χ0) is 19.9. The molecule has 0 unspecified atom stereocenters. The van der Waals surface area contributed by atoms with E-state index >= 15 is 0 Å². The molecule has 1 aromatic carbocycles. The second kappa shape index (κ2) is 9.44. The summed E-state index contributed by atoms with van der Waals surface area (Å²) in [4.78, 5) is 28.1. The van der Waals surface area contributed by atoms with Crippen molar-refractivity contribution in [2.24, 2.45) is 5.92 Å². The van der Waals surface area contributed by atoms with Crippen LogP contribution < -0.4 is 10.2 Å². The highest BCUT2D eigenvalue weighted by Crippen LogP contribution is 2.24. The Labute approximate surface area is 166 Å². The summed E-state index contributed by atoms with van der Waals surface area (Å²) in [7, 11) is 0. The highest BCUT2D eigenvalue weighted by Gasteiger charge is 2.16. The predicted octanol–water partition coefficient (Wildman–Crippen LogP) is 3.89. The van der Waals surface area contributed by atoms with Crippen LogP contribution in [0.4, 0.5) is 11.4 Å². The second-order valence-corrected chi connectivity index (χ2v) is 7.53. The third-order valence-corrected chi connectivity index (χ3v) is 5.28. The van der Waals surface area contributed by atoms with Gasteiger partial charge in [0.25, 0.3) is 0 Å². The maximum absolute atomic E-state index is 12.3. The third-order valence-electron chi connectivity index (χ3n) is 5.28. The molecule has 28 heavy (non-hydrogen) atoms. The molecule has 1 N–H and O–H groups in total. The van der Waals surface area contributed by atoms with Crippen molar-refractivity contribution in [2.75, 3.05) is 29.9 Å². The van der Waals surface area contributed by atoms with Crippen molar-refractivity contribution in [3.63, 3.8) is 0 Å². The van der Waals surface area contributed by atoms with Gasteiger partial charge < -0.3 is 19.5 Å². The summed E-state index contributed by atoms with van der Waals surface area (Å²) in [5.41, 5.74) is 1.98. The van der Waals surface area contributed by atoms with Gasteiger partial charge in [0.1, 0.15) is 5.76 Å². The maximum atomic E-state index is 12.3. The molecule has 0 bridgehead atoms. The Morgan fingerprint density at radius 2 is 1.89 bits per heavy atom. The Bertz CT molecular complexity index is 763. The number of nitrogens with one attached hydrogen (secondary N) is 1. The average Bonchev–Trinajstić information content (AvgIpc) is 3.19. The van der Waals surface area contributed by atoms with Gasteiger partial charge in [0, 0.05) is 44.4 Å². The lowest BCUT2D eigenvalue weighted by molar-refractivity contribution is -0.130. The van der Waals surface area contributed by atoms with Gasteiger partial charge in [-0.05, 0) is 55.2 Å². The van der Waals surface area contributed by atoms with Gasteiger partial charge in [-0.15, -0.1) is 0 Å². The minimum Gasteiger partial charge on any atom is -0.467 e. The molecular weight excluding hydrogens is 354 g/mol. The van der Waals surface area contributed by atoms with E-state index in [-0.39, 0.29) is 18.2 Å². The van der Waals surface area contributed by atoms with Crippen LogP contribution in [0.3, 0.4) is 0 Å². The fourth-order valence-corrected chi connectivity index (χ4v) is 3.42. The van der Waals surface area contributed by atoms with Crippen LogP contribution in [0.5, 0.6) is 0 Å². The highest BCUT2D eigenvalue weighted by molar-refractivity contribution is 5.91. The molecule has 0 spiro atoms. The largest absolute Gasteiger partial charge is 0.467 e. The zero-order valence-corrected chi connectivity index (χ0v) is 16.7. The number of furan rings is 1. The smallest absolute Gasteiger partial charge is 0.226 e. The van der Waals surface area contributed by atoms with E-state index in [4.69, 9.17) is 4.42 Å². The first-order valence-electron chi connectivity index (χ1n) is 9.94. The molecule has 1 aliphatic rings. The van der Waals surface area contributed by atoms with E-state index in [1.807, 2.05) is 18.2 Å². The van der Waals surface area contributed by atoms with Crippen molar-refractivity contribution in [2.45, 2.75) is 39.7 Å². The molecule has 1 aromatic heterocycles. The van der Waals surface area contributed by atoms with E-state index in [1.54, 1.807) is 17.2 Å². The summed E-state index contributed by atoms with van der Waals surface area (Å²) < 4.78 is 5.29. The molecule has 0 saturated carbocycles. The number of piperidine rings is 1. The first-order valence-corrected chi connectivity index (χ1v) is 9.94. The summed E-state index contributed by atoms with van der Waals surface area (Å²) in [6.07, 6.45) is 4.27. The van der Waals surface area contributed by atoms with E-state index in [0.29, 0.717) is 18.8 Å². The van der Waals surface area contributed by atoms with E-state index in [2.05, 4.69) is 29.3 Å². The number of amides is 2. The number of anilines is 2. The van der Waals surface area contributed by atoms with Crippen LogP contribution in [-0.2, 0) is 16.1 Å². The van der Waals surface area contributed by atoms with Gasteiger partial charge in [-0.2, -0.15) is 0 Å². The molecule has 3 rings (SSSR count). The van der Waals surface area contributed by atoms with Gasteiger partial charge in [0.2, 0.25) is 11.8 Å². The van der Waals surface area contributed by atoms with Gasteiger partial charge in [0.05, 0.1) is 12.8 Å². The lowest BCUT2D eigenvalue weighted by Gasteiger charge is -2.32. The maximum Gasteiger partial charge on any atom is 0.226 e. The van der Waals surface area contributed by atoms with Crippen LogP contribution in [0.25, 0.3) is 0 Å². The monoisotopic (exact) mass is 383 g/mol. The first kappa shape index (κ1) is 20.0. The molecule has 0 aliphatic carbocycles. The van der Waals surface area contributed by atoms with Crippen LogP contribution in [0.15, 0.2) is 47.1 Å². The number of carbonyl (C=O) groups is 2. The molecule has 0 atom stereocenters. The summed E-state index contributed by atoms with van der Waals surface area (Å²) >= 11 is 0. The number of rotatable bonds is 7. The van der Waals surface area contributed by atoms with Crippen molar-refractivity contribution in [3.8, 4) is 0 Å². The molecule has 0 radical (unpaired) electrons. The number of carbonyl (C=O) groups excluding carboxylic acids is 2. The lowest BCUT2D eigenvalue weighted by atomic mass is 9.99. The number of hydrogen-bond donors (Lipinski definition) is 1. The quantitative estimate of drug-likeness (QED) is 0.788. The fraction of sp³-hybridized carbons (Fsp3) is 0.455. The molecule has 1 fully saturated rings. The first-order chi connectivity index (χ1) is 13.5. The van der Waals surface area contributed by atoms with Crippen LogP contribution in [0.1, 0.15) is 38.9 Å². The van der Waals surface area contributed by atoms with Crippen molar-refractivity contribution in [1.29, 1.82) is 0 Å². The summed E-state index contributed by atoms with van der Waals surface area (Å²) in [5, 5.41) is 2.91. The number of hydrogen-bond acceptors (Lipinski definition) is 4. The molecule has 1 aliphatic heterocycles. The highest BCUT2D eigenvalue weighted by atomic mass is 16.3. The van der Waals surface area contributed by atoms with Crippen LogP contribution >= 0.6 is 0 Å². The van der Waals surface area contributed by atoms with E-state index in [1.165, 1.54) is 25.5 Å². The van der Waals surface area contributed by atoms with Gasteiger partial charge >= 0.3 is 0 Å². The Hall–Kier alpha value is -2.76. The Morgan fingerprint density at radius 1 is 1.18 bits per heavy atom. The molecule has 2 heterocycles. The van der Waals surface area contributed by atoms with Crippen LogP contribution in [0, 0.1) is 5.92 Å². The lowest BCUT2D eigenvalue weighted by Crippen LogP contribution is -2.32. The molecule has 6 nitrogen and oxygen atoms in total. The minimum absolute atomic E-state index is 0.0793. The summed E-state index contributed by atoms with van der Waals surface area (Å²) in [6, 6.07) is 11.6. The van der Waals surface area contributed by atoms with Gasteiger partial charge in [-0.25, -0.2) is 0 Å². The average molecular weight is 383 g/mol. The zero-order valence-electron chi connectivity index (χ0n) is 16.7. The summed E-state index contributed by atoms with van der Waals surface area (Å²) in [6.45, 7) is 6.70. The van der Waals surface area contributed by atoms with Gasteiger partial charge in [0.15, 0.2) is 0 Å². The fourth-order valence-electron chi connectivity index (χ4n) is 3.42. The van der Waals surface area contributed by atoms with Gasteiger partial charge in [-0.3, -0.25) is 9.59 Å². The van der Waals surface area contributed by atoms with Crippen LogP contribution in [0.2, 0.25) is 0 Å². The predicted molar refractivity (Wildman–Crippen MR) is 110 cm³/mol. The SMILES string of the molecule is CC(=O)N(CCC(=O)Nc1ccc(N2CCC(C)CC2)cc1)Cc1ccco1. The van der Waals surface area contributed by atoms with E-state index in [9.17, 15) is 9.59 Å². The van der Waals surface area contributed by atoms with Crippen molar-refractivity contribution in [3.05, 3.63) is 48.4 Å².